The molecular formula is C30H20N2O2Zn. The fourth-order valence-corrected chi connectivity index (χ4v) is 3.79. The standard InChI is InChI=1S/2C15H11NO.Zn/c2*17-15-8-4-2-6-12(15)14-10-9-11-5-1-3-7-13(11)16-14;/h2*1-10,17H;/q;;+2/p-2. The molecule has 0 amide bonds. The fraction of sp³-hybridized carbons (Fsp3) is 0. The zero-order chi connectivity index (χ0) is 23.3. The summed E-state index contributed by atoms with van der Waals surface area (Å²) < 4.78 is 0. The molecule has 0 saturated carbocycles. The summed E-state index contributed by atoms with van der Waals surface area (Å²) in [5, 5.41) is 25.6. The van der Waals surface area contributed by atoms with Gasteiger partial charge in [0.05, 0.1) is 22.4 Å². The molecule has 2 heterocycles. The molecule has 4 aromatic carbocycles. The van der Waals surface area contributed by atoms with Crippen molar-refractivity contribution in [1.29, 1.82) is 0 Å². The topological polar surface area (TPSA) is 71.9 Å². The molecule has 164 valence electrons. The number of nitrogens with zero attached hydrogens (tertiary/aromatic N) is 2. The molecule has 0 spiro atoms. The van der Waals surface area contributed by atoms with Crippen LogP contribution >= 0.6 is 0 Å². The van der Waals surface area contributed by atoms with Gasteiger partial charge in [0.1, 0.15) is 0 Å². The van der Waals surface area contributed by atoms with Gasteiger partial charge in [0, 0.05) is 10.8 Å². The zero-order valence-electron chi connectivity index (χ0n) is 19.0. The summed E-state index contributed by atoms with van der Waals surface area (Å²) in [4.78, 5) is 9.01. The second-order valence-corrected chi connectivity index (χ2v) is 7.77. The molecule has 5 heteroatoms. The number of aromatic nitrogens is 2. The van der Waals surface area contributed by atoms with Gasteiger partial charge in [0.15, 0.2) is 0 Å². The van der Waals surface area contributed by atoms with Crippen LogP contribution in [0.5, 0.6) is 11.5 Å². The molecular weight excluding hydrogens is 486 g/mol. The number of para-hydroxylation sites is 4. The molecule has 4 nitrogen and oxygen atoms in total. The second-order valence-electron chi connectivity index (χ2n) is 7.77. The normalized spacial score (nSPS) is 10.3. The zero-order valence-corrected chi connectivity index (χ0v) is 21.9. The van der Waals surface area contributed by atoms with E-state index in [1.54, 1.807) is 36.4 Å². The van der Waals surface area contributed by atoms with Crippen LogP contribution in [0.1, 0.15) is 0 Å². The average Bonchev–Trinajstić information content (AvgIpc) is 2.89. The minimum Gasteiger partial charge on any atom is -0.872 e. The van der Waals surface area contributed by atoms with E-state index in [0.717, 1.165) is 33.2 Å². The van der Waals surface area contributed by atoms with Crippen LogP contribution in [-0.4, -0.2) is 9.97 Å². The Balaban J connectivity index is 0.000000160. The van der Waals surface area contributed by atoms with Gasteiger partial charge >= 0.3 is 19.5 Å². The van der Waals surface area contributed by atoms with Gasteiger partial charge in [-0.3, -0.25) is 0 Å². The third kappa shape index (κ3) is 5.37. The first-order chi connectivity index (χ1) is 16.7. The fourth-order valence-electron chi connectivity index (χ4n) is 3.79. The van der Waals surface area contributed by atoms with Crippen LogP contribution in [0.25, 0.3) is 44.3 Å². The molecule has 0 atom stereocenters. The van der Waals surface area contributed by atoms with E-state index in [1.807, 2.05) is 84.9 Å². The largest absolute Gasteiger partial charge is 2.00 e. The van der Waals surface area contributed by atoms with Crippen molar-refractivity contribution in [1.82, 2.24) is 9.97 Å². The van der Waals surface area contributed by atoms with Crippen molar-refractivity contribution in [2.75, 3.05) is 0 Å². The Bertz CT molecular complexity index is 1480. The number of hydrogen-bond acceptors (Lipinski definition) is 4. The third-order valence-corrected chi connectivity index (χ3v) is 5.52. The number of benzene rings is 4. The molecule has 6 aromatic rings. The SMILES string of the molecule is [O-]c1ccccc1-c1ccc2ccccc2n1.[O-]c1ccccc1-c1ccc2ccccc2n1.[Zn+2]. The van der Waals surface area contributed by atoms with Crippen LogP contribution in [0.4, 0.5) is 0 Å². The molecule has 0 aliphatic heterocycles. The van der Waals surface area contributed by atoms with Crippen molar-refractivity contribution in [3.63, 3.8) is 0 Å². The minimum atomic E-state index is 0. The van der Waals surface area contributed by atoms with E-state index in [1.165, 1.54) is 0 Å². The summed E-state index contributed by atoms with van der Waals surface area (Å²) in [7, 11) is 0. The molecule has 35 heavy (non-hydrogen) atoms. The average molecular weight is 506 g/mol. The Morgan fingerprint density at radius 1 is 0.400 bits per heavy atom. The summed E-state index contributed by atoms with van der Waals surface area (Å²) in [5.74, 6) is 0.0190. The predicted molar refractivity (Wildman–Crippen MR) is 133 cm³/mol. The van der Waals surface area contributed by atoms with Crippen LogP contribution in [-0.2, 0) is 19.5 Å². The van der Waals surface area contributed by atoms with Gasteiger partial charge in [0.25, 0.3) is 0 Å². The van der Waals surface area contributed by atoms with E-state index >= 15 is 0 Å². The predicted octanol–water partition coefficient (Wildman–Crippen LogP) is 5.95. The quantitative estimate of drug-likeness (QED) is 0.273. The summed E-state index contributed by atoms with van der Waals surface area (Å²) in [6.45, 7) is 0. The number of fused-ring (bicyclic) bond motifs is 2. The van der Waals surface area contributed by atoms with Crippen LogP contribution in [0.3, 0.4) is 0 Å². The maximum Gasteiger partial charge on any atom is 2.00 e. The van der Waals surface area contributed by atoms with Gasteiger partial charge in [-0.2, -0.15) is 0 Å². The van der Waals surface area contributed by atoms with Gasteiger partial charge in [-0.25, -0.2) is 9.97 Å². The van der Waals surface area contributed by atoms with Gasteiger partial charge in [0.2, 0.25) is 0 Å². The van der Waals surface area contributed by atoms with Crippen molar-refractivity contribution in [2.24, 2.45) is 0 Å². The maximum atomic E-state index is 11.7. The molecule has 0 radical (unpaired) electrons. The van der Waals surface area contributed by atoms with Crippen molar-refractivity contribution in [3.8, 4) is 34.0 Å². The van der Waals surface area contributed by atoms with Crippen molar-refractivity contribution < 1.29 is 29.7 Å². The van der Waals surface area contributed by atoms with Gasteiger partial charge in [-0.05, 0) is 35.4 Å². The molecule has 0 aliphatic carbocycles. The smallest absolute Gasteiger partial charge is 0.872 e. The van der Waals surface area contributed by atoms with Gasteiger partial charge in [-0.1, -0.05) is 109 Å². The minimum absolute atomic E-state index is 0. The molecule has 2 aromatic heterocycles. The Labute approximate surface area is 216 Å². The molecule has 0 saturated heterocycles. The molecule has 0 bridgehead atoms. The summed E-state index contributed by atoms with van der Waals surface area (Å²) in [5.41, 5.74) is 4.58. The first kappa shape index (κ1) is 24.1. The number of hydrogen-bond donors (Lipinski definition) is 0. The Morgan fingerprint density at radius 3 is 1.20 bits per heavy atom. The van der Waals surface area contributed by atoms with E-state index in [2.05, 4.69) is 9.97 Å². The van der Waals surface area contributed by atoms with Crippen LogP contribution < -0.4 is 10.2 Å². The van der Waals surface area contributed by atoms with E-state index < -0.39 is 0 Å². The van der Waals surface area contributed by atoms with Crippen molar-refractivity contribution >= 4 is 21.8 Å². The number of rotatable bonds is 2. The van der Waals surface area contributed by atoms with Crippen molar-refractivity contribution in [2.45, 2.75) is 0 Å². The summed E-state index contributed by atoms with van der Waals surface area (Å²) in [6.07, 6.45) is 0. The maximum absolute atomic E-state index is 11.7. The summed E-state index contributed by atoms with van der Waals surface area (Å²) in [6, 6.07) is 37.5. The molecule has 0 unspecified atom stereocenters. The third-order valence-electron chi connectivity index (χ3n) is 5.52. The monoisotopic (exact) mass is 504 g/mol. The Morgan fingerprint density at radius 2 is 0.771 bits per heavy atom. The second kappa shape index (κ2) is 10.9. The van der Waals surface area contributed by atoms with Gasteiger partial charge < -0.3 is 10.2 Å². The molecule has 0 N–H and O–H groups in total. The Hall–Kier alpha value is -4.08. The van der Waals surface area contributed by atoms with E-state index in [0.29, 0.717) is 11.1 Å². The first-order valence-electron chi connectivity index (χ1n) is 10.9. The van der Waals surface area contributed by atoms with Crippen LogP contribution in [0, 0.1) is 0 Å². The van der Waals surface area contributed by atoms with Crippen LogP contribution in [0.15, 0.2) is 121 Å². The summed E-state index contributed by atoms with van der Waals surface area (Å²) >= 11 is 0. The van der Waals surface area contributed by atoms with E-state index in [4.69, 9.17) is 0 Å². The molecule has 0 aliphatic rings. The Kier molecular flexibility index (Phi) is 7.49. The van der Waals surface area contributed by atoms with Crippen molar-refractivity contribution in [3.05, 3.63) is 121 Å². The van der Waals surface area contributed by atoms with Crippen LogP contribution in [0.2, 0.25) is 0 Å². The molecule has 6 rings (SSSR count). The first-order valence-corrected chi connectivity index (χ1v) is 10.9. The van der Waals surface area contributed by atoms with Gasteiger partial charge in [-0.15, -0.1) is 0 Å². The molecule has 0 fully saturated rings. The van der Waals surface area contributed by atoms with E-state index in [9.17, 15) is 10.2 Å². The van der Waals surface area contributed by atoms with E-state index in [-0.39, 0.29) is 31.0 Å². The number of pyridine rings is 2.